The van der Waals surface area contributed by atoms with E-state index in [-0.39, 0.29) is 18.6 Å². The molecule has 1 aliphatic rings. The number of nitrogens with zero attached hydrogens (tertiary/aromatic N) is 2. The van der Waals surface area contributed by atoms with Crippen molar-refractivity contribution in [3.63, 3.8) is 0 Å². The molecule has 0 atom stereocenters. The molecular weight excluding hydrogens is 412 g/mol. The minimum atomic E-state index is -0.630. The van der Waals surface area contributed by atoms with E-state index >= 15 is 0 Å². The Kier molecular flexibility index (Phi) is 8.85. The van der Waals surface area contributed by atoms with E-state index in [9.17, 15) is 13.6 Å². The van der Waals surface area contributed by atoms with Crippen molar-refractivity contribution in [3.8, 4) is 5.75 Å². The van der Waals surface area contributed by atoms with Crippen LogP contribution in [0.4, 0.5) is 13.6 Å². The molecular formula is C25H33F2N3O2. The molecule has 1 heterocycles. The first kappa shape index (κ1) is 24.0. The van der Waals surface area contributed by atoms with E-state index in [1.807, 2.05) is 24.3 Å². The maximum absolute atomic E-state index is 14.3. The van der Waals surface area contributed by atoms with Gasteiger partial charge in [0.1, 0.15) is 17.4 Å². The van der Waals surface area contributed by atoms with Crippen molar-refractivity contribution in [1.82, 2.24) is 15.1 Å². The molecule has 0 radical (unpaired) electrons. The Balaban J connectivity index is 1.64. The van der Waals surface area contributed by atoms with Gasteiger partial charge in [-0.3, -0.25) is 0 Å². The predicted octanol–water partition coefficient (Wildman–Crippen LogP) is 4.95. The van der Waals surface area contributed by atoms with E-state index in [1.54, 1.807) is 4.90 Å². The number of unbranched alkanes of at least 4 members (excludes halogenated alkanes) is 1. The molecule has 3 rings (SSSR count). The maximum atomic E-state index is 14.3. The number of rotatable bonds is 9. The highest BCUT2D eigenvalue weighted by atomic mass is 19.1. The highest BCUT2D eigenvalue weighted by Crippen LogP contribution is 2.21. The minimum Gasteiger partial charge on any atom is -0.494 e. The van der Waals surface area contributed by atoms with Crippen LogP contribution in [-0.4, -0.2) is 48.6 Å². The van der Waals surface area contributed by atoms with Gasteiger partial charge in [0.15, 0.2) is 0 Å². The number of halogens is 2. The first-order valence-corrected chi connectivity index (χ1v) is 11.3. The summed E-state index contributed by atoms with van der Waals surface area (Å²) in [6.45, 7) is 5.03. The van der Waals surface area contributed by atoms with E-state index < -0.39 is 11.6 Å². The van der Waals surface area contributed by atoms with E-state index in [0.717, 1.165) is 56.2 Å². The summed E-state index contributed by atoms with van der Waals surface area (Å²) < 4.78 is 33.3. The van der Waals surface area contributed by atoms with Crippen LogP contribution in [0.25, 0.3) is 0 Å². The molecule has 5 nitrogen and oxygen atoms in total. The lowest BCUT2D eigenvalue weighted by Crippen LogP contribution is -2.49. The van der Waals surface area contributed by atoms with E-state index in [0.29, 0.717) is 18.7 Å². The zero-order chi connectivity index (χ0) is 22.9. The highest BCUT2D eigenvalue weighted by molar-refractivity contribution is 5.74. The van der Waals surface area contributed by atoms with Gasteiger partial charge in [0.2, 0.25) is 0 Å². The molecule has 32 heavy (non-hydrogen) atoms. The molecule has 1 N–H and O–H groups in total. The van der Waals surface area contributed by atoms with Crippen LogP contribution in [0, 0.1) is 11.6 Å². The molecule has 174 valence electrons. The molecule has 0 saturated carbocycles. The number of hydrogen-bond donors (Lipinski definition) is 1. The van der Waals surface area contributed by atoms with Crippen LogP contribution in [-0.2, 0) is 13.1 Å². The highest BCUT2D eigenvalue weighted by Gasteiger charge is 2.27. The fraction of sp³-hybridized carbons (Fsp3) is 0.480. The summed E-state index contributed by atoms with van der Waals surface area (Å²) >= 11 is 0. The Hall–Kier alpha value is -2.67. The number of nitrogens with one attached hydrogen (secondary N) is 1. The van der Waals surface area contributed by atoms with Crippen molar-refractivity contribution < 1.29 is 18.3 Å². The number of benzene rings is 2. The van der Waals surface area contributed by atoms with E-state index in [4.69, 9.17) is 4.74 Å². The SMILES string of the molecule is CCCCOc1ccc(CNC(=O)N(Cc2ccc(F)cc2F)C2CCN(C)CC2)cc1. The molecule has 0 aromatic heterocycles. The molecule has 2 amide bonds. The smallest absolute Gasteiger partial charge is 0.318 e. The monoisotopic (exact) mass is 445 g/mol. The Morgan fingerprint density at radius 1 is 1.16 bits per heavy atom. The average molecular weight is 446 g/mol. The van der Waals surface area contributed by atoms with E-state index in [1.165, 1.54) is 12.1 Å². The Morgan fingerprint density at radius 3 is 2.53 bits per heavy atom. The molecule has 2 aromatic carbocycles. The maximum Gasteiger partial charge on any atom is 0.318 e. The molecule has 0 spiro atoms. The van der Waals surface area contributed by atoms with Crippen molar-refractivity contribution in [2.45, 2.75) is 51.7 Å². The van der Waals surface area contributed by atoms with Gasteiger partial charge in [-0.05, 0) is 63.2 Å². The third-order valence-corrected chi connectivity index (χ3v) is 5.88. The van der Waals surface area contributed by atoms with Crippen molar-refractivity contribution >= 4 is 6.03 Å². The van der Waals surface area contributed by atoms with Gasteiger partial charge in [-0.1, -0.05) is 31.5 Å². The summed E-state index contributed by atoms with van der Waals surface area (Å²) in [6, 6.07) is 10.9. The summed E-state index contributed by atoms with van der Waals surface area (Å²) in [4.78, 5) is 17.0. The third-order valence-electron chi connectivity index (χ3n) is 5.88. The fourth-order valence-corrected chi connectivity index (χ4v) is 3.82. The summed E-state index contributed by atoms with van der Waals surface area (Å²) in [5.41, 5.74) is 1.27. The number of likely N-dealkylation sites (tertiary alicyclic amines) is 1. The molecule has 7 heteroatoms. The van der Waals surface area contributed by atoms with Crippen LogP contribution in [0.1, 0.15) is 43.7 Å². The lowest BCUT2D eigenvalue weighted by molar-refractivity contribution is 0.126. The zero-order valence-electron chi connectivity index (χ0n) is 18.9. The average Bonchev–Trinajstić information content (AvgIpc) is 2.79. The van der Waals surface area contributed by atoms with Gasteiger partial charge in [-0.25, -0.2) is 13.6 Å². The molecule has 0 bridgehead atoms. The molecule has 1 saturated heterocycles. The molecule has 2 aromatic rings. The summed E-state index contributed by atoms with van der Waals surface area (Å²) in [6.07, 6.45) is 3.73. The normalized spacial score (nSPS) is 14.9. The standard InChI is InChI=1S/C25H33F2N3O2/c1-3-4-15-32-23-9-5-19(6-10-23)17-28-25(31)30(22-11-13-29(2)14-12-22)18-20-7-8-21(26)16-24(20)27/h5-10,16,22H,3-4,11-15,17-18H2,1-2H3,(H,28,31). The largest absolute Gasteiger partial charge is 0.494 e. The number of carbonyl (C=O) groups excluding carboxylic acids is 1. The molecule has 1 aliphatic heterocycles. The second kappa shape index (κ2) is 11.8. The van der Waals surface area contributed by atoms with Crippen molar-refractivity contribution in [1.29, 1.82) is 0 Å². The predicted molar refractivity (Wildman–Crippen MR) is 122 cm³/mol. The van der Waals surface area contributed by atoms with Gasteiger partial charge >= 0.3 is 6.03 Å². The lowest BCUT2D eigenvalue weighted by Gasteiger charge is -2.37. The van der Waals surface area contributed by atoms with Gasteiger partial charge < -0.3 is 19.9 Å². The Bertz CT molecular complexity index is 868. The van der Waals surface area contributed by atoms with Crippen molar-refractivity contribution in [2.24, 2.45) is 0 Å². The Labute approximate surface area is 189 Å². The summed E-state index contributed by atoms with van der Waals surface area (Å²) in [5.74, 6) is -0.439. The molecule has 0 aliphatic carbocycles. The molecule has 1 fully saturated rings. The van der Waals surface area contributed by atoms with Crippen LogP contribution >= 0.6 is 0 Å². The van der Waals surface area contributed by atoms with E-state index in [2.05, 4.69) is 24.2 Å². The third kappa shape index (κ3) is 6.92. The second-order valence-electron chi connectivity index (χ2n) is 8.40. The summed E-state index contributed by atoms with van der Waals surface area (Å²) in [7, 11) is 2.05. The Morgan fingerprint density at radius 2 is 1.88 bits per heavy atom. The zero-order valence-corrected chi connectivity index (χ0v) is 18.9. The number of hydrogen-bond acceptors (Lipinski definition) is 3. The summed E-state index contributed by atoms with van der Waals surface area (Å²) in [5, 5.41) is 2.97. The number of carbonyl (C=O) groups is 1. The number of urea groups is 1. The van der Waals surface area contributed by atoms with Gasteiger partial charge in [-0.2, -0.15) is 0 Å². The second-order valence-corrected chi connectivity index (χ2v) is 8.40. The van der Waals surface area contributed by atoms with Gasteiger partial charge in [-0.15, -0.1) is 0 Å². The van der Waals surface area contributed by atoms with Crippen LogP contribution in [0.15, 0.2) is 42.5 Å². The van der Waals surface area contributed by atoms with Gasteiger partial charge in [0.05, 0.1) is 13.2 Å². The van der Waals surface area contributed by atoms with Gasteiger partial charge in [0.25, 0.3) is 0 Å². The van der Waals surface area contributed by atoms with Crippen LogP contribution in [0.2, 0.25) is 0 Å². The van der Waals surface area contributed by atoms with Crippen LogP contribution in [0.5, 0.6) is 5.75 Å². The van der Waals surface area contributed by atoms with Crippen molar-refractivity contribution in [3.05, 3.63) is 65.2 Å². The lowest BCUT2D eigenvalue weighted by atomic mass is 10.0. The first-order chi connectivity index (χ1) is 15.5. The number of amides is 2. The molecule has 0 unspecified atom stereocenters. The quantitative estimate of drug-likeness (QED) is 0.556. The first-order valence-electron chi connectivity index (χ1n) is 11.3. The topological polar surface area (TPSA) is 44.8 Å². The van der Waals surface area contributed by atoms with Crippen LogP contribution < -0.4 is 10.1 Å². The minimum absolute atomic E-state index is 0.00462. The number of piperidine rings is 1. The fourth-order valence-electron chi connectivity index (χ4n) is 3.82. The van der Waals surface area contributed by atoms with Gasteiger partial charge in [0, 0.05) is 24.2 Å². The van der Waals surface area contributed by atoms with Crippen molar-refractivity contribution in [2.75, 3.05) is 26.7 Å². The van der Waals surface area contributed by atoms with Crippen LogP contribution in [0.3, 0.4) is 0 Å². The number of ether oxygens (including phenoxy) is 1.